The van der Waals surface area contributed by atoms with Crippen LogP contribution in [0.1, 0.15) is 44.1 Å². The topological polar surface area (TPSA) is 92.3 Å². The second-order valence-corrected chi connectivity index (χ2v) is 6.27. The van der Waals surface area contributed by atoms with Crippen molar-refractivity contribution < 1.29 is 9.90 Å². The molecule has 2 atom stereocenters. The van der Waals surface area contributed by atoms with Crippen LogP contribution in [-0.4, -0.2) is 40.6 Å². The van der Waals surface area contributed by atoms with E-state index >= 15 is 0 Å². The minimum Gasteiger partial charge on any atom is -0.391 e. The van der Waals surface area contributed by atoms with Gasteiger partial charge in [-0.05, 0) is 25.7 Å². The normalized spacial score (nSPS) is 27.1. The van der Waals surface area contributed by atoms with E-state index in [0.29, 0.717) is 5.82 Å². The summed E-state index contributed by atoms with van der Waals surface area (Å²) >= 11 is 0. The second-order valence-electron chi connectivity index (χ2n) is 6.27. The molecule has 114 valence electrons. The Morgan fingerprint density at radius 3 is 2.76 bits per heavy atom. The smallest absolute Gasteiger partial charge is 0.221 e. The molecule has 0 bridgehead atoms. The van der Waals surface area contributed by atoms with E-state index < -0.39 is 5.41 Å². The third-order valence-corrected chi connectivity index (χ3v) is 4.86. The highest BCUT2D eigenvalue weighted by Crippen LogP contribution is 2.49. The molecule has 1 aromatic rings. The number of hydrogen-bond donors (Lipinski definition) is 2. The second kappa shape index (κ2) is 5.26. The summed E-state index contributed by atoms with van der Waals surface area (Å²) in [5.74, 6) is 0.894. The highest BCUT2D eigenvalue weighted by atomic mass is 16.3. The first kappa shape index (κ1) is 14.3. The molecule has 0 aliphatic heterocycles. The monoisotopic (exact) mass is 290 g/mol. The van der Waals surface area contributed by atoms with Gasteiger partial charge in [-0.1, -0.05) is 12.8 Å². The number of aliphatic hydroxyl groups excluding tert-OH is 1. The summed E-state index contributed by atoms with van der Waals surface area (Å²) in [6.45, 7) is 0. The maximum absolute atomic E-state index is 11.4. The lowest BCUT2D eigenvalue weighted by Crippen LogP contribution is -2.44. The van der Waals surface area contributed by atoms with Crippen molar-refractivity contribution in [2.24, 2.45) is 0 Å². The lowest BCUT2D eigenvalue weighted by molar-refractivity contribution is -0.109. The number of likely N-dealkylation sites (N-methyl/N-ethyl adjacent to an activating group) is 1. The fraction of sp³-hybridized carbons (Fsp3) is 0.667. The molecule has 0 saturated heterocycles. The van der Waals surface area contributed by atoms with Gasteiger partial charge in [-0.15, -0.1) is 0 Å². The highest BCUT2D eigenvalue weighted by molar-refractivity contribution is 5.76. The quantitative estimate of drug-likeness (QED) is 0.805. The molecule has 6 heteroatoms. The fourth-order valence-corrected chi connectivity index (χ4v) is 3.29. The predicted octanol–water partition coefficient (Wildman–Crippen LogP) is 1.03. The first-order valence-corrected chi connectivity index (χ1v) is 7.57. The summed E-state index contributed by atoms with van der Waals surface area (Å²) in [7, 11) is 1.92. The predicted molar refractivity (Wildman–Crippen MR) is 80.1 cm³/mol. The van der Waals surface area contributed by atoms with Gasteiger partial charge in [-0.2, -0.15) is 4.98 Å². The van der Waals surface area contributed by atoms with Crippen LogP contribution in [0.5, 0.6) is 0 Å². The molecule has 1 heterocycles. The van der Waals surface area contributed by atoms with Gasteiger partial charge >= 0.3 is 0 Å². The summed E-state index contributed by atoms with van der Waals surface area (Å²) in [6, 6.07) is 0.0225. The first-order valence-electron chi connectivity index (χ1n) is 7.57. The summed E-state index contributed by atoms with van der Waals surface area (Å²) < 4.78 is 0. The van der Waals surface area contributed by atoms with Crippen molar-refractivity contribution in [3.8, 4) is 0 Å². The maximum Gasteiger partial charge on any atom is 0.221 e. The number of nitrogens with two attached hydrogens (primary N) is 1. The van der Waals surface area contributed by atoms with Gasteiger partial charge in [0.05, 0.1) is 17.6 Å². The molecule has 2 saturated carbocycles. The maximum atomic E-state index is 11.4. The van der Waals surface area contributed by atoms with Crippen molar-refractivity contribution >= 4 is 18.1 Å². The third kappa shape index (κ3) is 2.48. The lowest BCUT2D eigenvalue weighted by Gasteiger charge is -2.37. The minimum absolute atomic E-state index is 0.0225. The molecule has 2 aliphatic rings. The van der Waals surface area contributed by atoms with Crippen LogP contribution in [0.4, 0.5) is 11.8 Å². The van der Waals surface area contributed by atoms with Gasteiger partial charge in [-0.3, -0.25) is 0 Å². The number of aromatic nitrogens is 2. The molecule has 2 fully saturated rings. The molecule has 1 unspecified atom stereocenters. The van der Waals surface area contributed by atoms with E-state index in [1.807, 2.05) is 11.9 Å². The van der Waals surface area contributed by atoms with Crippen LogP contribution in [-0.2, 0) is 10.2 Å². The molecule has 6 nitrogen and oxygen atoms in total. The molecule has 0 aromatic carbocycles. The summed E-state index contributed by atoms with van der Waals surface area (Å²) in [6.07, 6.45) is 7.86. The van der Waals surface area contributed by atoms with Crippen molar-refractivity contribution in [3.63, 3.8) is 0 Å². The van der Waals surface area contributed by atoms with Gasteiger partial charge in [0.2, 0.25) is 5.95 Å². The number of aliphatic hydroxyl groups is 1. The summed E-state index contributed by atoms with van der Waals surface area (Å²) in [4.78, 5) is 21.8. The first-order chi connectivity index (χ1) is 10.1. The average Bonchev–Trinajstić information content (AvgIpc) is 3.28. The molecule has 3 N–H and O–H groups in total. The number of carbonyl (C=O) groups is 1. The van der Waals surface area contributed by atoms with Gasteiger partial charge in [0.1, 0.15) is 12.1 Å². The molecule has 21 heavy (non-hydrogen) atoms. The number of nitrogen functional groups attached to an aromatic ring is 1. The number of hydrogen-bond acceptors (Lipinski definition) is 6. The standard InChI is InChI=1S/C15H22N4O2/c1-19(11-4-2-3-5-12(11)21)13-10(8-17-14(16)18-13)15(9-20)6-7-15/h8-9,11-12,21H,2-7H2,1H3,(H2,16,17,18)/t11?,12-/m0/s1. The number of carbonyl (C=O) groups excluding carboxylic acids is 1. The van der Waals surface area contributed by atoms with Crippen molar-refractivity contribution in [1.29, 1.82) is 0 Å². The van der Waals surface area contributed by atoms with Crippen LogP contribution in [0.2, 0.25) is 0 Å². The van der Waals surface area contributed by atoms with Gasteiger partial charge in [0.15, 0.2) is 0 Å². The Kier molecular flexibility index (Phi) is 3.57. The molecule has 0 spiro atoms. The van der Waals surface area contributed by atoms with E-state index in [1.165, 1.54) is 0 Å². The largest absolute Gasteiger partial charge is 0.391 e. The average molecular weight is 290 g/mol. The molecule has 1 aromatic heterocycles. The third-order valence-electron chi connectivity index (χ3n) is 4.86. The molecule has 0 amide bonds. The fourth-order valence-electron chi connectivity index (χ4n) is 3.29. The molecule has 0 radical (unpaired) electrons. The van der Waals surface area contributed by atoms with Gasteiger partial charge in [0, 0.05) is 18.8 Å². The zero-order chi connectivity index (χ0) is 15.0. The Hall–Kier alpha value is -1.69. The van der Waals surface area contributed by atoms with Crippen LogP contribution in [0.3, 0.4) is 0 Å². The number of rotatable bonds is 4. The van der Waals surface area contributed by atoms with Crippen molar-refractivity contribution in [1.82, 2.24) is 9.97 Å². The number of aldehydes is 1. The van der Waals surface area contributed by atoms with E-state index in [0.717, 1.165) is 50.4 Å². The van der Waals surface area contributed by atoms with E-state index in [1.54, 1.807) is 6.20 Å². The Morgan fingerprint density at radius 2 is 2.14 bits per heavy atom. The Morgan fingerprint density at radius 1 is 1.43 bits per heavy atom. The molecular weight excluding hydrogens is 268 g/mol. The van der Waals surface area contributed by atoms with Crippen molar-refractivity contribution in [2.45, 2.75) is 56.1 Å². The molecule has 3 rings (SSSR count). The molecular formula is C15H22N4O2. The Balaban J connectivity index is 1.96. The van der Waals surface area contributed by atoms with E-state index in [-0.39, 0.29) is 18.1 Å². The zero-order valence-corrected chi connectivity index (χ0v) is 12.3. The number of nitrogens with zero attached hydrogens (tertiary/aromatic N) is 3. The summed E-state index contributed by atoms with van der Waals surface area (Å²) in [5, 5.41) is 10.3. The van der Waals surface area contributed by atoms with Crippen LogP contribution >= 0.6 is 0 Å². The van der Waals surface area contributed by atoms with E-state index in [9.17, 15) is 9.90 Å². The summed E-state index contributed by atoms with van der Waals surface area (Å²) in [5.41, 5.74) is 6.13. The van der Waals surface area contributed by atoms with Gasteiger partial charge in [-0.25, -0.2) is 4.98 Å². The SMILES string of the molecule is CN(c1nc(N)ncc1C1(C=O)CC1)C1CCCC[C@@H]1O. The zero-order valence-electron chi connectivity index (χ0n) is 12.3. The Bertz CT molecular complexity index is 544. The Labute approximate surface area is 124 Å². The lowest BCUT2D eigenvalue weighted by atomic mass is 9.90. The molecule has 2 aliphatic carbocycles. The van der Waals surface area contributed by atoms with Crippen molar-refractivity contribution in [2.75, 3.05) is 17.7 Å². The van der Waals surface area contributed by atoms with E-state index in [2.05, 4.69) is 9.97 Å². The van der Waals surface area contributed by atoms with Crippen LogP contribution in [0, 0.1) is 0 Å². The highest BCUT2D eigenvalue weighted by Gasteiger charge is 2.47. The minimum atomic E-state index is -0.448. The van der Waals surface area contributed by atoms with Gasteiger partial charge in [0.25, 0.3) is 0 Å². The van der Waals surface area contributed by atoms with Crippen LogP contribution in [0.25, 0.3) is 0 Å². The van der Waals surface area contributed by atoms with Gasteiger partial charge < -0.3 is 20.5 Å². The van der Waals surface area contributed by atoms with Crippen LogP contribution < -0.4 is 10.6 Å². The van der Waals surface area contributed by atoms with Crippen molar-refractivity contribution in [3.05, 3.63) is 11.8 Å². The van der Waals surface area contributed by atoms with E-state index in [4.69, 9.17) is 5.73 Å². The van der Waals surface area contributed by atoms with Crippen LogP contribution in [0.15, 0.2) is 6.20 Å². The number of anilines is 2.